The lowest BCUT2D eigenvalue weighted by Crippen LogP contribution is -2.32. The molecule has 2 rings (SSSR count). The minimum Gasteiger partial charge on any atom is -0.349 e. The first-order chi connectivity index (χ1) is 8.58. The predicted octanol–water partition coefficient (Wildman–Crippen LogP) is 2.87. The Morgan fingerprint density at radius 3 is 2.67 bits per heavy atom. The molecule has 96 valence electrons. The average molecular weight is 360 g/mol. The molecule has 0 bridgehead atoms. The summed E-state index contributed by atoms with van der Waals surface area (Å²) in [4.78, 5) is 22.4. The molecular formula is C12H13IN2O3. The van der Waals surface area contributed by atoms with Crippen molar-refractivity contribution in [2.45, 2.75) is 31.7 Å². The van der Waals surface area contributed by atoms with Crippen molar-refractivity contribution in [2.75, 3.05) is 0 Å². The van der Waals surface area contributed by atoms with E-state index in [2.05, 4.69) is 5.32 Å². The molecule has 0 spiro atoms. The van der Waals surface area contributed by atoms with E-state index in [1.807, 2.05) is 22.6 Å². The SMILES string of the molecule is O=C(NC1CCCC1)c1ccc(I)cc1[N+](=O)[O-]. The van der Waals surface area contributed by atoms with Crippen LogP contribution in [0.4, 0.5) is 5.69 Å². The van der Waals surface area contributed by atoms with Gasteiger partial charge in [-0.3, -0.25) is 14.9 Å². The van der Waals surface area contributed by atoms with Crippen LogP contribution >= 0.6 is 22.6 Å². The summed E-state index contributed by atoms with van der Waals surface area (Å²) in [6.45, 7) is 0. The van der Waals surface area contributed by atoms with Crippen molar-refractivity contribution >= 4 is 34.2 Å². The van der Waals surface area contributed by atoms with Crippen molar-refractivity contribution in [3.63, 3.8) is 0 Å². The average Bonchev–Trinajstić information content (AvgIpc) is 2.81. The molecule has 0 aromatic heterocycles. The molecule has 18 heavy (non-hydrogen) atoms. The molecule has 0 radical (unpaired) electrons. The first-order valence-electron chi connectivity index (χ1n) is 5.83. The van der Waals surface area contributed by atoms with Gasteiger partial charge in [0.05, 0.1) is 4.92 Å². The molecule has 1 fully saturated rings. The van der Waals surface area contributed by atoms with Gasteiger partial charge in [0.2, 0.25) is 0 Å². The smallest absolute Gasteiger partial charge is 0.283 e. The molecule has 1 amide bonds. The standard InChI is InChI=1S/C12H13IN2O3/c13-8-5-6-10(11(7-8)15(17)18)12(16)14-9-3-1-2-4-9/h5-7,9H,1-4H2,(H,14,16). The van der Waals surface area contributed by atoms with Crippen molar-refractivity contribution in [2.24, 2.45) is 0 Å². The highest BCUT2D eigenvalue weighted by molar-refractivity contribution is 14.1. The maximum absolute atomic E-state index is 12.0. The lowest BCUT2D eigenvalue weighted by atomic mass is 10.1. The monoisotopic (exact) mass is 360 g/mol. The van der Waals surface area contributed by atoms with Gasteiger partial charge in [-0.1, -0.05) is 12.8 Å². The second-order valence-corrected chi connectivity index (χ2v) is 5.62. The van der Waals surface area contributed by atoms with Gasteiger partial charge >= 0.3 is 0 Å². The fourth-order valence-electron chi connectivity index (χ4n) is 2.18. The van der Waals surface area contributed by atoms with Gasteiger partial charge in [-0.25, -0.2) is 0 Å². The zero-order chi connectivity index (χ0) is 13.1. The molecule has 0 heterocycles. The largest absolute Gasteiger partial charge is 0.349 e. The first-order valence-corrected chi connectivity index (χ1v) is 6.90. The number of nitro groups is 1. The van der Waals surface area contributed by atoms with E-state index in [9.17, 15) is 14.9 Å². The Morgan fingerprint density at radius 1 is 1.39 bits per heavy atom. The minimum atomic E-state index is -0.508. The summed E-state index contributed by atoms with van der Waals surface area (Å²) in [6.07, 6.45) is 4.15. The third-order valence-electron chi connectivity index (χ3n) is 3.09. The Hall–Kier alpha value is -1.18. The highest BCUT2D eigenvalue weighted by atomic mass is 127. The summed E-state index contributed by atoms with van der Waals surface area (Å²) in [6, 6.07) is 4.81. The van der Waals surface area contributed by atoms with Crippen LogP contribution in [0.2, 0.25) is 0 Å². The van der Waals surface area contributed by atoms with Crippen molar-refractivity contribution in [3.8, 4) is 0 Å². The van der Waals surface area contributed by atoms with Gasteiger partial charge in [0.25, 0.3) is 11.6 Å². The molecule has 0 atom stereocenters. The zero-order valence-corrected chi connectivity index (χ0v) is 11.8. The molecule has 6 heteroatoms. The van der Waals surface area contributed by atoms with Gasteiger partial charge < -0.3 is 5.32 Å². The number of benzene rings is 1. The van der Waals surface area contributed by atoms with Crippen molar-refractivity contribution < 1.29 is 9.72 Å². The molecule has 1 N–H and O–H groups in total. The van der Waals surface area contributed by atoms with E-state index < -0.39 is 4.92 Å². The molecule has 1 aromatic carbocycles. The summed E-state index contributed by atoms with van der Waals surface area (Å²) < 4.78 is 0.747. The van der Waals surface area contributed by atoms with Gasteiger partial charge in [-0.2, -0.15) is 0 Å². The van der Waals surface area contributed by atoms with E-state index in [1.165, 1.54) is 12.1 Å². The second kappa shape index (κ2) is 5.64. The van der Waals surface area contributed by atoms with Crippen LogP contribution in [-0.2, 0) is 0 Å². The van der Waals surface area contributed by atoms with Gasteiger partial charge in [0.1, 0.15) is 5.56 Å². The number of nitrogens with zero attached hydrogens (tertiary/aromatic N) is 1. The molecule has 1 aliphatic carbocycles. The Kier molecular flexibility index (Phi) is 4.15. The van der Waals surface area contributed by atoms with E-state index in [1.54, 1.807) is 6.07 Å². The van der Waals surface area contributed by atoms with Gasteiger partial charge in [-0.15, -0.1) is 0 Å². The van der Waals surface area contributed by atoms with Crippen LogP contribution in [0.15, 0.2) is 18.2 Å². The number of amides is 1. The topological polar surface area (TPSA) is 72.2 Å². The molecule has 0 saturated heterocycles. The molecule has 1 aromatic rings. The molecule has 5 nitrogen and oxygen atoms in total. The van der Waals surface area contributed by atoms with E-state index in [0.717, 1.165) is 29.3 Å². The lowest BCUT2D eigenvalue weighted by Gasteiger charge is -2.11. The number of halogens is 1. The summed E-state index contributed by atoms with van der Waals surface area (Å²) in [5.74, 6) is -0.343. The van der Waals surface area contributed by atoms with Crippen LogP contribution < -0.4 is 5.32 Å². The molecule has 1 saturated carbocycles. The van der Waals surface area contributed by atoms with E-state index >= 15 is 0 Å². The molecular weight excluding hydrogens is 347 g/mol. The van der Waals surface area contributed by atoms with Crippen LogP contribution in [0.3, 0.4) is 0 Å². The summed E-state index contributed by atoms with van der Waals surface area (Å²) in [5, 5.41) is 13.8. The molecule has 0 unspecified atom stereocenters. The zero-order valence-electron chi connectivity index (χ0n) is 9.69. The Bertz CT molecular complexity index is 484. The predicted molar refractivity (Wildman–Crippen MR) is 75.5 cm³/mol. The van der Waals surface area contributed by atoms with Crippen molar-refractivity contribution in [1.29, 1.82) is 0 Å². The lowest BCUT2D eigenvalue weighted by molar-refractivity contribution is -0.385. The Balaban J connectivity index is 2.20. The van der Waals surface area contributed by atoms with Gasteiger partial charge in [-0.05, 0) is 47.6 Å². The Labute approximate surface area is 118 Å². The summed E-state index contributed by atoms with van der Waals surface area (Å²) >= 11 is 1.99. The molecule has 0 aliphatic heterocycles. The van der Waals surface area contributed by atoms with Crippen LogP contribution in [0.1, 0.15) is 36.0 Å². The number of nitro benzene ring substituents is 1. The van der Waals surface area contributed by atoms with Crippen molar-refractivity contribution in [3.05, 3.63) is 37.4 Å². The minimum absolute atomic E-state index is 0.127. The van der Waals surface area contributed by atoms with E-state index in [4.69, 9.17) is 0 Å². The molecule has 1 aliphatic rings. The van der Waals surface area contributed by atoms with Crippen molar-refractivity contribution in [1.82, 2.24) is 5.32 Å². The maximum Gasteiger partial charge on any atom is 0.283 e. The number of carbonyl (C=O) groups excluding carboxylic acids is 1. The number of rotatable bonds is 3. The fourth-order valence-corrected chi connectivity index (χ4v) is 2.66. The van der Waals surface area contributed by atoms with Gasteiger partial charge in [0, 0.05) is 15.7 Å². The van der Waals surface area contributed by atoms with Crippen LogP contribution in [0, 0.1) is 13.7 Å². The maximum atomic E-state index is 12.0. The number of hydrogen-bond acceptors (Lipinski definition) is 3. The fraction of sp³-hybridized carbons (Fsp3) is 0.417. The van der Waals surface area contributed by atoms with Crippen LogP contribution in [0.5, 0.6) is 0 Å². The van der Waals surface area contributed by atoms with E-state index in [0.29, 0.717) is 0 Å². The normalized spacial score (nSPS) is 15.6. The van der Waals surface area contributed by atoms with Crippen LogP contribution in [0.25, 0.3) is 0 Å². The van der Waals surface area contributed by atoms with E-state index in [-0.39, 0.29) is 23.2 Å². The first kappa shape index (κ1) is 13.3. The third kappa shape index (κ3) is 2.98. The highest BCUT2D eigenvalue weighted by Gasteiger charge is 2.23. The quantitative estimate of drug-likeness (QED) is 0.512. The number of nitrogens with one attached hydrogen (secondary N) is 1. The second-order valence-electron chi connectivity index (χ2n) is 4.37. The number of carbonyl (C=O) groups is 1. The Morgan fingerprint density at radius 2 is 2.06 bits per heavy atom. The van der Waals surface area contributed by atoms with Crippen LogP contribution in [-0.4, -0.2) is 16.9 Å². The summed E-state index contributed by atoms with van der Waals surface area (Å²) in [5.41, 5.74) is 0.0183. The third-order valence-corrected chi connectivity index (χ3v) is 3.76. The highest BCUT2D eigenvalue weighted by Crippen LogP contribution is 2.23. The van der Waals surface area contributed by atoms with Gasteiger partial charge in [0.15, 0.2) is 0 Å². The number of hydrogen-bond donors (Lipinski definition) is 1. The summed E-state index contributed by atoms with van der Waals surface area (Å²) in [7, 11) is 0.